The molecule has 1 amide bonds. The van der Waals surface area contributed by atoms with Gasteiger partial charge in [-0.3, -0.25) is 0 Å². The number of anilines is 1. The number of nitrogens with zero attached hydrogens (tertiary/aromatic N) is 5. The molecule has 0 radical (unpaired) electrons. The SMILES string of the molecule is N#Cc1cc(N2CCN(C(=O)O)CC2)ncn1. The Labute approximate surface area is 97.9 Å². The molecular formula is C10H11N5O2. The highest BCUT2D eigenvalue weighted by molar-refractivity contribution is 5.65. The Morgan fingerprint density at radius 1 is 1.35 bits per heavy atom. The van der Waals surface area contributed by atoms with Gasteiger partial charge in [-0.05, 0) is 0 Å². The van der Waals surface area contributed by atoms with Crippen molar-refractivity contribution < 1.29 is 9.90 Å². The van der Waals surface area contributed by atoms with Gasteiger partial charge in [-0.15, -0.1) is 0 Å². The van der Waals surface area contributed by atoms with Gasteiger partial charge < -0.3 is 14.9 Å². The van der Waals surface area contributed by atoms with Crippen molar-refractivity contribution in [1.82, 2.24) is 14.9 Å². The molecule has 0 atom stereocenters. The first-order chi connectivity index (χ1) is 8.20. The van der Waals surface area contributed by atoms with Gasteiger partial charge >= 0.3 is 6.09 Å². The molecule has 1 aliphatic rings. The third kappa shape index (κ3) is 2.42. The van der Waals surface area contributed by atoms with Crippen LogP contribution in [0.2, 0.25) is 0 Å². The monoisotopic (exact) mass is 233 g/mol. The molecule has 88 valence electrons. The second kappa shape index (κ2) is 4.65. The maximum absolute atomic E-state index is 10.7. The Kier molecular flexibility index (Phi) is 3.05. The minimum atomic E-state index is -0.898. The molecule has 0 bridgehead atoms. The number of amides is 1. The summed E-state index contributed by atoms with van der Waals surface area (Å²) >= 11 is 0. The summed E-state index contributed by atoms with van der Waals surface area (Å²) in [7, 11) is 0. The van der Waals surface area contributed by atoms with E-state index < -0.39 is 6.09 Å². The molecule has 1 aromatic rings. The van der Waals surface area contributed by atoms with Crippen molar-refractivity contribution in [2.75, 3.05) is 31.1 Å². The largest absolute Gasteiger partial charge is 0.465 e. The van der Waals surface area contributed by atoms with Crippen molar-refractivity contribution in [1.29, 1.82) is 5.26 Å². The minimum absolute atomic E-state index is 0.315. The first-order valence-electron chi connectivity index (χ1n) is 5.15. The van der Waals surface area contributed by atoms with Crippen molar-refractivity contribution in [3.8, 4) is 6.07 Å². The molecule has 1 aliphatic heterocycles. The van der Waals surface area contributed by atoms with E-state index in [9.17, 15) is 4.79 Å². The number of carbonyl (C=O) groups is 1. The number of piperazine rings is 1. The number of carboxylic acid groups (broad SMARTS) is 1. The molecule has 17 heavy (non-hydrogen) atoms. The highest BCUT2D eigenvalue weighted by atomic mass is 16.4. The summed E-state index contributed by atoms with van der Waals surface area (Å²) in [5.74, 6) is 0.668. The first-order valence-corrected chi connectivity index (χ1v) is 5.15. The van der Waals surface area contributed by atoms with Crippen LogP contribution in [0, 0.1) is 11.3 Å². The van der Waals surface area contributed by atoms with Crippen molar-refractivity contribution in [2.24, 2.45) is 0 Å². The van der Waals surface area contributed by atoms with Gasteiger partial charge in [-0.2, -0.15) is 5.26 Å². The minimum Gasteiger partial charge on any atom is -0.465 e. The van der Waals surface area contributed by atoms with Crippen LogP contribution >= 0.6 is 0 Å². The summed E-state index contributed by atoms with van der Waals surface area (Å²) in [6.07, 6.45) is 0.447. The van der Waals surface area contributed by atoms with E-state index in [4.69, 9.17) is 10.4 Å². The third-order valence-electron chi connectivity index (χ3n) is 2.64. The van der Waals surface area contributed by atoms with Crippen LogP contribution in [-0.2, 0) is 0 Å². The Morgan fingerprint density at radius 2 is 2.06 bits per heavy atom. The number of hydrogen-bond acceptors (Lipinski definition) is 5. The van der Waals surface area contributed by atoms with E-state index in [1.807, 2.05) is 11.0 Å². The molecule has 0 aliphatic carbocycles. The second-order valence-electron chi connectivity index (χ2n) is 3.63. The molecule has 0 aromatic carbocycles. The van der Waals surface area contributed by atoms with Gasteiger partial charge in [0.1, 0.15) is 23.9 Å². The van der Waals surface area contributed by atoms with Crippen molar-refractivity contribution in [3.05, 3.63) is 18.1 Å². The highest BCUT2D eigenvalue weighted by Crippen LogP contribution is 2.13. The van der Waals surface area contributed by atoms with Gasteiger partial charge in [0, 0.05) is 32.2 Å². The smallest absolute Gasteiger partial charge is 0.407 e. The quantitative estimate of drug-likeness (QED) is 0.742. The normalized spacial score (nSPS) is 15.5. The Morgan fingerprint density at radius 3 is 2.65 bits per heavy atom. The molecule has 2 heterocycles. The summed E-state index contributed by atoms with van der Waals surface area (Å²) in [5, 5.41) is 17.5. The fourth-order valence-corrected chi connectivity index (χ4v) is 1.71. The molecule has 1 aromatic heterocycles. The van der Waals surface area contributed by atoms with Gasteiger partial charge in [-0.25, -0.2) is 14.8 Å². The number of nitriles is 1. The lowest BCUT2D eigenvalue weighted by Gasteiger charge is -2.33. The summed E-state index contributed by atoms with van der Waals surface area (Å²) in [4.78, 5) is 21.9. The predicted molar refractivity (Wildman–Crippen MR) is 58.6 cm³/mol. The number of aromatic nitrogens is 2. The van der Waals surface area contributed by atoms with E-state index in [1.165, 1.54) is 11.2 Å². The van der Waals surface area contributed by atoms with E-state index in [0.717, 1.165) is 0 Å². The van der Waals surface area contributed by atoms with Crippen molar-refractivity contribution in [3.63, 3.8) is 0 Å². The maximum Gasteiger partial charge on any atom is 0.407 e. The van der Waals surface area contributed by atoms with Gasteiger partial charge in [0.05, 0.1) is 0 Å². The fourth-order valence-electron chi connectivity index (χ4n) is 1.71. The van der Waals surface area contributed by atoms with Crippen LogP contribution in [0.1, 0.15) is 5.69 Å². The lowest BCUT2D eigenvalue weighted by atomic mass is 10.3. The van der Waals surface area contributed by atoms with Crippen LogP contribution in [0.15, 0.2) is 12.4 Å². The standard InChI is InChI=1S/C10H11N5O2/c11-6-8-5-9(13-7-12-8)14-1-3-15(4-2-14)10(16)17/h5,7H,1-4H2,(H,16,17). The molecule has 0 saturated carbocycles. The van der Waals surface area contributed by atoms with Crippen LogP contribution < -0.4 is 4.90 Å². The number of rotatable bonds is 1. The topological polar surface area (TPSA) is 93.4 Å². The van der Waals surface area contributed by atoms with Crippen LogP contribution in [-0.4, -0.2) is 52.2 Å². The molecule has 0 spiro atoms. The maximum atomic E-state index is 10.7. The van der Waals surface area contributed by atoms with Gasteiger partial charge in [0.2, 0.25) is 0 Å². The van der Waals surface area contributed by atoms with Crippen molar-refractivity contribution >= 4 is 11.9 Å². The summed E-state index contributed by atoms with van der Waals surface area (Å²) in [6, 6.07) is 3.56. The van der Waals surface area contributed by atoms with Crippen molar-refractivity contribution in [2.45, 2.75) is 0 Å². The molecule has 2 rings (SSSR count). The average molecular weight is 233 g/mol. The Bertz CT molecular complexity index is 462. The van der Waals surface area contributed by atoms with Gasteiger partial charge in [0.15, 0.2) is 0 Å². The first kappa shape index (κ1) is 11.1. The summed E-state index contributed by atoms with van der Waals surface area (Å²) < 4.78 is 0. The zero-order valence-corrected chi connectivity index (χ0v) is 9.07. The molecule has 7 nitrogen and oxygen atoms in total. The van der Waals surface area contributed by atoms with Crippen LogP contribution in [0.5, 0.6) is 0 Å². The molecule has 1 N–H and O–H groups in total. The number of hydrogen-bond donors (Lipinski definition) is 1. The zero-order valence-electron chi connectivity index (χ0n) is 9.07. The zero-order chi connectivity index (χ0) is 12.3. The average Bonchev–Trinajstić information content (AvgIpc) is 2.39. The summed E-state index contributed by atoms with van der Waals surface area (Å²) in [5.41, 5.74) is 0.315. The van der Waals surface area contributed by atoms with E-state index in [1.54, 1.807) is 6.07 Å². The molecule has 1 fully saturated rings. The third-order valence-corrected chi connectivity index (χ3v) is 2.64. The highest BCUT2D eigenvalue weighted by Gasteiger charge is 2.21. The molecule has 7 heteroatoms. The summed E-state index contributed by atoms with van der Waals surface area (Å²) in [6.45, 7) is 2.05. The second-order valence-corrected chi connectivity index (χ2v) is 3.63. The Balaban J connectivity index is 2.05. The lowest BCUT2D eigenvalue weighted by Crippen LogP contribution is -2.48. The predicted octanol–water partition coefficient (Wildman–Crippen LogP) is 0.148. The van der Waals surface area contributed by atoms with E-state index in [0.29, 0.717) is 37.7 Å². The van der Waals surface area contributed by atoms with E-state index in [2.05, 4.69) is 9.97 Å². The molecular weight excluding hydrogens is 222 g/mol. The Hall–Kier alpha value is -2.36. The van der Waals surface area contributed by atoms with Gasteiger partial charge in [0.25, 0.3) is 0 Å². The molecule has 0 unspecified atom stereocenters. The lowest BCUT2D eigenvalue weighted by molar-refractivity contribution is 0.142. The van der Waals surface area contributed by atoms with Crippen LogP contribution in [0.25, 0.3) is 0 Å². The molecule has 1 saturated heterocycles. The van der Waals surface area contributed by atoms with Gasteiger partial charge in [-0.1, -0.05) is 0 Å². The van der Waals surface area contributed by atoms with E-state index in [-0.39, 0.29) is 0 Å². The fraction of sp³-hybridized carbons (Fsp3) is 0.400. The van der Waals surface area contributed by atoms with Crippen LogP contribution in [0.4, 0.5) is 10.6 Å². The van der Waals surface area contributed by atoms with E-state index >= 15 is 0 Å². The van der Waals surface area contributed by atoms with Crippen LogP contribution in [0.3, 0.4) is 0 Å².